The number of carbonyl (C=O) groups excluding carboxylic acids is 1. The summed E-state index contributed by atoms with van der Waals surface area (Å²) < 4.78 is 0. The summed E-state index contributed by atoms with van der Waals surface area (Å²) in [4.78, 5) is 12.0. The lowest BCUT2D eigenvalue weighted by Crippen LogP contribution is -2.49. The molecule has 1 saturated carbocycles. The van der Waals surface area contributed by atoms with Gasteiger partial charge in [-0.2, -0.15) is 0 Å². The topological polar surface area (TPSA) is 49.3 Å². The first-order chi connectivity index (χ1) is 7.85. The largest absolute Gasteiger partial charge is 0.394 e. The molecule has 3 nitrogen and oxygen atoms in total. The van der Waals surface area contributed by atoms with Gasteiger partial charge in [0.1, 0.15) is 0 Å². The maximum absolute atomic E-state index is 12.0. The van der Waals surface area contributed by atoms with Gasteiger partial charge in [0.15, 0.2) is 0 Å². The van der Waals surface area contributed by atoms with Crippen LogP contribution in [0.3, 0.4) is 0 Å². The fraction of sp³-hybridized carbons (Fsp3) is 0.929. The molecule has 0 atom stereocenters. The highest BCUT2D eigenvalue weighted by molar-refractivity contribution is 5.79. The van der Waals surface area contributed by atoms with Crippen molar-refractivity contribution in [2.24, 2.45) is 17.8 Å². The van der Waals surface area contributed by atoms with E-state index < -0.39 is 5.54 Å². The van der Waals surface area contributed by atoms with Crippen molar-refractivity contribution in [3.05, 3.63) is 0 Å². The van der Waals surface area contributed by atoms with E-state index >= 15 is 0 Å². The monoisotopic (exact) mass is 241 g/mol. The van der Waals surface area contributed by atoms with Crippen LogP contribution in [0.2, 0.25) is 0 Å². The van der Waals surface area contributed by atoms with Crippen molar-refractivity contribution in [2.75, 3.05) is 6.61 Å². The minimum atomic E-state index is -0.494. The van der Waals surface area contributed by atoms with Crippen LogP contribution in [0, 0.1) is 17.8 Å². The molecule has 1 amide bonds. The molecule has 0 aromatic rings. The van der Waals surface area contributed by atoms with Crippen molar-refractivity contribution in [3.63, 3.8) is 0 Å². The molecule has 0 unspecified atom stereocenters. The summed E-state index contributed by atoms with van der Waals surface area (Å²) in [5, 5.41) is 12.1. The number of amides is 1. The number of carbonyl (C=O) groups is 1. The average molecular weight is 241 g/mol. The molecule has 0 heterocycles. The average Bonchev–Trinajstić information content (AvgIpc) is 2.28. The molecule has 1 aliphatic carbocycles. The third-order valence-corrected chi connectivity index (χ3v) is 3.94. The van der Waals surface area contributed by atoms with Crippen LogP contribution in [0.1, 0.15) is 53.4 Å². The predicted molar refractivity (Wildman–Crippen MR) is 69.6 cm³/mol. The van der Waals surface area contributed by atoms with E-state index in [4.69, 9.17) is 5.11 Å². The van der Waals surface area contributed by atoms with Gasteiger partial charge in [-0.15, -0.1) is 0 Å². The lowest BCUT2D eigenvalue weighted by atomic mass is 9.76. The number of aliphatic hydroxyl groups excluding tert-OH is 1. The second-order valence-corrected chi connectivity index (χ2v) is 6.39. The van der Waals surface area contributed by atoms with E-state index in [2.05, 4.69) is 19.2 Å². The van der Waals surface area contributed by atoms with Crippen molar-refractivity contribution in [2.45, 2.75) is 58.9 Å². The molecule has 0 bridgehead atoms. The normalized spacial score (nSPS) is 26.0. The highest BCUT2D eigenvalue weighted by Gasteiger charge is 2.30. The Hall–Kier alpha value is -0.570. The van der Waals surface area contributed by atoms with E-state index in [1.54, 1.807) is 0 Å². The molecule has 1 rings (SSSR count). The first-order valence-electron chi connectivity index (χ1n) is 6.78. The molecular formula is C14H27NO2. The van der Waals surface area contributed by atoms with Gasteiger partial charge < -0.3 is 10.4 Å². The Bertz CT molecular complexity index is 253. The van der Waals surface area contributed by atoms with Gasteiger partial charge in [0, 0.05) is 5.92 Å². The fourth-order valence-electron chi connectivity index (χ4n) is 2.52. The van der Waals surface area contributed by atoms with Crippen LogP contribution in [0.4, 0.5) is 0 Å². The van der Waals surface area contributed by atoms with E-state index in [0.717, 1.165) is 37.5 Å². The number of hydrogen-bond donors (Lipinski definition) is 2. The Balaban J connectivity index is 2.41. The van der Waals surface area contributed by atoms with Crippen molar-refractivity contribution in [3.8, 4) is 0 Å². The summed E-state index contributed by atoms with van der Waals surface area (Å²) >= 11 is 0. The Labute approximate surface area is 105 Å². The zero-order chi connectivity index (χ0) is 13.1. The molecule has 1 aliphatic rings. The number of nitrogens with one attached hydrogen (secondary N) is 1. The van der Waals surface area contributed by atoms with Crippen LogP contribution in [0.25, 0.3) is 0 Å². The number of hydrogen-bond acceptors (Lipinski definition) is 2. The molecule has 1 fully saturated rings. The van der Waals surface area contributed by atoms with Gasteiger partial charge in [-0.1, -0.05) is 13.8 Å². The molecule has 17 heavy (non-hydrogen) atoms. The predicted octanol–water partition coefficient (Wildman–Crippen LogP) is 2.34. The molecule has 3 heteroatoms. The third kappa shape index (κ3) is 4.30. The quantitative estimate of drug-likeness (QED) is 0.793. The van der Waals surface area contributed by atoms with Gasteiger partial charge in [0.05, 0.1) is 12.1 Å². The highest BCUT2D eigenvalue weighted by atomic mass is 16.3. The summed E-state index contributed by atoms with van der Waals surface area (Å²) in [5.74, 6) is 1.78. The number of rotatable bonds is 4. The van der Waals surface area contributed by atoms with Gasteiger partial charge in [0.2, 0.25) is 5.91 Å². The maximum atomic E-state index is 12.0. The minimum Gasteiger partial charge on any atom is -0.394 e. The van der Waals surface area contributed by atoms with E-state index in [1.807, 2.05) is 13.8 Å². The van der Waals surface area contributed by atoms with E-state index in [-0.39, 0.29) is 18.4 Å². The van der Waals surface area contributed by atoms with Crippen LogP contribution in [0.5, 0.6) is 0 Å². The second-order valence-electron chi connectivity index (χ2n) is 6.39. The van der Waals surface area contributed by atoms with Gasteiger partial charge in [-0.05, 0) is 51.4 Å². The Morgan fingerprint density at radius 2 is 1.82 bits per heavy atom. The standard InChI is InChI=1S/C14H27NO2/c1-10(2)11-5-7-12(8-6-11)13(17)15-14(3,4)9-16/h10-12,16H,5-9H2,1-4H3,(H,15,17)/t11-,12+. The van der Waals surface area contributed by atoms with Crippen molar-refractivity contribution in [1.82, 2.24) is 5.32 Å². The molecule has 0 spiro atoms. The molecule has 0 radical (unpaired) electrons. The Morgan fingerprint density at radius 1 is 1.29 bits per heavy atom. The van der Waals surface area contributed by atoms with E-state index in [0.29, 0.717) is 0 Å². The summed E-state index contributed by atoms with van der Waals surface area (Å²) in [6.07, 6.45) is 4.32. The van der Waals surface area contributed by atoms with Gasteiger partial charge in [-0.3, -0.25) is 4.79 Å². The van der Waals surface area contributed by atoms with Crippen molar-refractivity contribution < 1.29 is 9.90 Å². The van der Waals surface area contributed by atoms with Gasteiger partial charge in [0.25, 0.3) is 0 Å². The molecule has 0 saturated heterocycles. The van der Waals surface area contributed by atoms with Crippen LogP contribution in [-0.2, 0) is 4.79 Å². The summed E-state index contributed by atoms with van der Waals surface area (Å²) in [6.45, 7) is 8.22. The van der Waals surface area contributed by atoms with Crippen LogP contribution in [0.15, 0.2) is 0 Å². The molecule has 0 aromatic carbocycles. The van der Waals surface area contributed by atoms with Crippen molar-refractivity contribution >= 4 is 5.91 Å². The lowest BCUT2D eigenvalue weighted by Gasteiger charge is -2.32. The third-order valence-electron chi connectivity index (χ3n) is 3.94. The lowest BCUT2D eigenvalue weighted by molar-refractivity contribution is -0.128. The molecule has 0 aromatic heterocycles. The minimum absolute atomic E-state index is 0.0138. The Kier molecular flexibility index (Phi) is 4.99. The molecular weight excluding hydrogens is 214 g/mol. The summed E-state index contributed by atoms with van der Waals surface area (Å²) in [7, 11) is 0. The first kappa shape index (κ1) is 14.5. The van der Waals surface area contributed by atoms with Crippen LogP contribution in [-0.4, -0.2) is 23.2 Å². The van der Waals surface area contributed by atoms with Crippen molar-refractivity contribution in [1.29, 1.82) is 0 Å². The molecule has 0 aliphatic heterocycles. The SMILES string of the molecule is CC(C)[C@H]1CC[C@@H](C(=O)NC(C)(C)CO)CC1. The Morgan fingerprint density at radius 3 is 2.24 bits per heavy atom. The van der Waals surface area contributed by atoms with E-state index in [9.17, 15) is 4.79 Å². The smallest absolute Gasteiger partial charge is 0.223 e. The first-order valence-corrected chi connectivity index (χ1v) is 6.78. The van der Waals surface area contributed by atoms with Crippen LogP contribution >= 0.6 is 0 Å². The summed E-state index contributed by atoms with van der Waals surface area (Å²) in [5.41, 5.74) is -0.494. The second kappa shape index (κ2) is 5.85. The number of aliphatic hydroxyl groups is 1. The van der Waals surface area contributed by atoms with Gasteiger partial charge in [-0.25, -0.2) is 0 Å². The summed E-state index contributed by atoms with van der Waals surface area (Å²) in [6, 6.07) is 0. The molecule has 2 N–H and O–H groups in total. The zero-order valence-electron chi connectivity index (χ0n) is 11.6. The fourth-order valence-corrected chi connectivity index (χ4v) is 2.52. The zero-order valence-corrected chi connectivity index (χ0v) is 11.6. The highest BCUT2D eigenvalue weighted by Crippen LogP contribution is 2.33. The van der Waals surface area contributed by atoms with E-state index in [1.165, 1.54) is 0 Å². The maximum Gasteiger partial charge on any atom is 0.223 e. The molecule has 100 valence electrons. The van der Waals surface area contributed by atoms with Crippen LogP contribution < -0.4 is 5.32 Å². The van der Waals surface area contributed by atoms with Gasteiger partial charge >= 0.3 is 0 Å².